The van der Waals surface area contributed by atoms with Gasteiger partial charge in [0.25, 0.3) is 0 Å². The fourth-order valence-electron chi connectivity index (χ4n) is 1.39. The van der Waals surface area contributed by atoms with Crippen LogP contribution in [0.3, 0.4) is 0 Å². The van der Waals surface area contributed by atoms with Gasteiger partial charge in [-0.3, -0.25) is 4.40 Å². The van der Waals surface area contributed by atoms with Gasteiger partial charge >= 0.3 is 0 Å². The van der Waals surface area contributed by atoms with Gasteiger partial charge in [0.15, 0.2) is 4.73 Å². The lowest BCUT2D eigenvalue weighted by Crippen LogP contribution is -2.10. The molecule has 0 fully saturated rings. The molecule has 0 bridgehead atoms. The highest BCUT2D eigenvalue weighted by Gasteiger charge is 2.07. The zero-order valence-corrected chi connectivity index (χ0v) is 8.82. The SMILES string of the molecule is CC(N)c1cccc2cnc(Br)n12. The van der Waals surface area contributed by atoms with E-state index in [0.29, 0.717) is 0 Å². The van der Waals surface area contributed by atoms with Crippen LogP contribution in [0, 0.1) is 0 Å². The molecule has 0 aliphatic heterocycles. The molecule has 0 spiro atoms. The number of pyridine rings is 1. The number of nitrogens with two attached hydrogens (primary N) is 1. The summed E-state index contributed by atoms with van der Waals surface area (Å²) in [5.74, 6) is 0. The number of rotatable bonds is 1. The molecule has 3 nitrogen and oxygen atoms in total. The Bertz CT molecular complexity index is 433. The molecule has 0 aliphatic carbocycles. The van der Waals surface area contributed by atoms with Gasteiger partial charge in [0.05, 0.1) is 11.7 Å². The molecule has 2 aromatic rings. The second-order valence-electron chi connectivity index (χ2n) is 3.03. The summed E-state index contributed by atoms with van der Waals surface area (Å²) in [7, 11) is 0. The largest absolute Gasteiger partial charge is 0.323 e. The molecule has 0 amide bonds. The zero-order valence-electron chi connectivity index (χ0n) is 7.24. The molecule has 68 valence electrons. The van der Waals surface area contributed by atoms with E-state index in [1.807, 2.05) is 35.7 Å². The van der Waals surface area contributed by atoms with Gasteiger partial charge in [-0.25, -0.2) is 4.98 Å². The van der Waals surface area contributed by atoms with Gasteiger partial charge in [-0.05, 0) is 35.0 Å². The maximum Gasteiger partial charge on any atom is 0.181 e. The molecule has 2 N–H and O–H groups in total. The van der Waals surface area contributed by atoms with E-state index in [0.717, 1.165) is 15.9 Å². The topological polar surface area (TPSA) is 43.3 Å². The van der Waals surface area contributed by atoms with Crippen molar-refractivity contribution in [1.29, 1.82) is 0 Å². The molecule has 13 heavy (non-hydrogen) atoms. The molecule has 1 atom stereocenters. The number of hydrogen-bond donors (Lipinski definition) is 1. The Balaban J connectivity index is 2.80. The van der Waals surface area contributed by atoms with Crippen LogP contribution in [0.25, 0.3) is 5.52 Å². The second kappa shape index (κ2) is 3.12. The summed E-state index contributed by atoms with van der Waals surface area (Å²) in [5.41, 5.74) is 7.95. The van der Waals surface area contributed by atoms with E-state index in [9.17, 15) is 0 Å². The minimum absolute atomic E-state index is 0.00852. The average molecular weight is 240 g/mol. The van der Waals surface area contributed by atoms with Crippen molar-refractivity contribution in [3.63, 3.8) is 0 Å². The van der Waals surface area contributed by atoms with Crippen molar-refractivity contribution in [3.8, 4) is 0 Å². The van der Waals surface area contributed by atoms with Crippen molar-refractivity contribution in [3.05, 3.63) is 34.8 Å². The van der Waals surface area contributed by atoms with Crippen LogP contribution >= 0.6 is 15.9 Å². The Hall–Kier alpha value is -0.870. The summed E-state index contributed by atoms with van der Waals surface area (Å²) >= 11 is 3.38. The molecule has 1 unspecified atom stereocenters. The number of hydrogen-bond acceptors (Lipinski definition) is 2. The number of imidazole rings is 1. The predicted molar refractivity (Wildman–Crippen MR) is 55.5 cm³/mol. The Morgan fingerprint density at radius 3 is 3.00 bits per heavy atom. The van der Waals surface area contributed by atoms with Gasteiger partial charge in [-0.2, -0.15) is 0 Å². The van der Waals surface area contributed by atoms with E-state index < -0.39 is 0 Å². The molecular weight excluding hydrogens is 230 g/mol. The summed E-state index contributed by atoms with van der Waals surface area (Å²) in [6.45, 7) is 1.96. The van der Waals surface area contributed by atoms with Crippen molar-refractivity contribution < 1.29 is 0 Å². The molecule has 2 rings (SSSR count). The second-order valence-corrected chi connectivity index (χ2v) is 3.74. The Kier molecular flexibility index (Phi) is 2.09. The monoisotopic (exact) mass is 239 g/mol. The molecule has 4 heteroatoms. The normalized spacial score (nSPS) is 13.5. The van der Waals surface area contributed by atoms with Crippen molar-refractivity contribution >= 4 is 21.4 Å². The lowest BCUT2D eigenvalue weighted by atomic mass is 10.2. The molecule has 0 saturated carbocycles. The third-order valence-electron chi connectivity index (χ3n) is 2.00. The maximum atomic E-state index is 5.84. The van der Waals surface area contributed by atoms with Gasteiger partial charge in [-0.15, -0.1) is 0 Å². The standard InChI is InChI=1S/C9H10BrN3/c1-6(11)8-4-2-3-7-5-12-9(10)13(7)8/h2-6H,11H2,1H3. The van der Waals surface area contributed by atoms with Gasteiger partial charge in [0.1, 0.15) is 0 Å². The molecule has 2 aromatic heterocycles. The lowest BCUT2D eigenvalue weighted by molar-refractivity contribution is 0.757. The van der Waals surface area contributed by atoms with Crippen LogP contribution in [0.2, 0.25) is 0 Å². The minimum atomic E-state index is 0.00852. The smallest absolute Gasteiger partial charge is 0.181 e. The van der Waals surface area contributed by atoms with Crippen LogP contribution in [0.5, 0.6) is 0 Å². The Morgan fingerprint density at radius 1 is 1.54 bits per heavy atom. The summed E-state index contributed by atoms with van der Waals surface area (Å²) in [4.78, 5) is 4.16. The maximum absolute atomic E-state index is 5.84. The third-order valence-corrected chi connectivity index (χ3v) is 2.56. The van der Waals surface area contributed by atoms with Crippen molar-refractivity contribution in [2.45, 2.75) is 13.0 Å². The van der Waals surface area contributed by atoms with Crippen molar-refractivity contribution in [1.82, 2.24) is 9.38 Å². The number of halogens is 1. The highest BCUT2D eigenvalue weighted by molar-refractivity contribution is 9.10. The summed E-state index contributed by atoms with van der Waals surface area (Å²) < 4.78 is 2.81. The fourth-order valence-corrected chi connectivity index (χ4v) is 1.90. The van der Waals surface area contributed by atoms with Crippen molar-refractivity contribution in [2.75, 3.05) is 0 Å². The Labute approximate surface area is 84.7 Å². The van der Waals surface area contributed by atoms with E-state index in [-0.39, 0.29) is 6.04 Å². The van der Waals surface area contributed by atoms with Crippen LogP contribution in [-0.4, -0.2) is 9.38 Å². The first-order valence-corrected chi connectivity index (χ1v) is 4.87. The third kappa shape index (κ3) is 1.36. The number of aromatic nitrogens is 2. The molecular formula is C9H10BrN3. The lowest BCUT2D eigenvalue weighted by Gasteiger charge is -2.09. The zero-order chi connectivity index (χ0) is 9.42. The quantitative estimate of drug-likeness (QED) is 0.829. The predicted octanol–water partition coefficient (Wildman–Crippen LogP) is 2.12. The number of nitrogens with zero attached hydrogens (tertiary/aromatic N) is 2. The average Bonchev–Trinajstić information content (AvgIpc) is 2.48. The Morgan fingerprint density at radius 2 is 2.31 bits per heavy atom. The first kappa shape index (κ1) is 8.72. The highest BCUT2D eigenvalue weighted by Crippen LogP contribution is 2.18. The molecule has 0 aromatic carbocycles. The molecule has 0 aliphatic rings. The number of fused-ring (bicyclic) bond motifs is 1. The summed E-state index contributed by atoms with van der Waals surface area (Å²) in [5, 5.41) is 0. The first-order valence-electron chi connectivity index (χ1n) is 4.07. The van der Waals surface area contributed by atoms with Crippen molar-refractivity contribution in [2.24, 2.45) is 5.73 Å². The van der Waals surface area contributed by atoms with E-state index >= 15 is 0 Å². The summed E-state index contributed by atoms with van der Waals surface area (Å²) in [6, 6.07) is 6.00. The first-order chi connectivity index (χ1) is 6.20. The highest BCUT2D eigenvalue weighted by atomic mass is 79.9. The van der Waals surface area contributed by atoms with E-state index in [1.54, 1.807) is 0 Å². The van der Waals surface area contributed by atoms with Gasteiger partial charge in [0, 0.05) is 11.7 Å². The van der Waals surface area contributed by atoms with Crippen LogP contribution in [-0.2, 0) is 0 Å². The fraction of sp³-hybridized carbons (Fsp3) is 0.222. The van der Waals surface area contributed by atoms with Crippen LogP contribution in [0.4, 0.5) is 0 Å². The van der Waals surface area contributed by atoms with Crippen LogP contribution < -0.4 is 5.73 Å². The molecule has 0 saturated heterocycles. The van der Waals surface area contributed by atoms with Crippen LogP contribution in [0.15, 0.2) is 29.1 Å². The summed E-state index contributed by atoms with van der Waals surface area (Å²) in [6.07, 6.45) is 1.82. The van der Waals surface area contributed by atoms with E-state index in [1.165, 1.54) is 0 Å². The van der Waals surface area contributed by atoms with Gasteiger partial charge in [-0.1, -0.05) is 6.07 Å². The van der Waals surface area contributed by atoms with Gasteiger partial charge in [0.2, 0.25) is 0 Å². The van der Waals surface area contributed by atoms with Crippen LogP contribution in [0.1, 0.15) is 18.7 Å². The minimum Gasteiger partial charge on any atom is -0.323 e. The van der Waals surface area contributed by atoms with Gasteiger partial charge < -0.3 is 5.73 Å². The molecule has 0 radical (unpaired) electrons. The molecule has 2 heterocycles. The van der Waals surface area contributed by atoms with E-state index in [2.05, 4.69) is 20.9 Å². The van der Waals surface area contributed by atoms with E-state index in [4.69, 9.17) is 5.73 Å².